The molecule has 8 nitrogen and oxygen atoms in total. The number of methoxy groups -OCH3 is 2. The van der Waals surface area contributed by atoms with Crippen molar-refractivity contribution < 1.29 is 28.6 Å². The zero-order chi connectivity index (χ0) is 27.6. The standard InChI is InChI=1S/C31H34N2O6/c1-37-20-28(33-29(34)25-17-23-10-6-7-11-24(23)18-25)30(35)32-27(16-21-12-14-26(38-2)15-13-21)31(36)39-19-22-8-4-3-5-9-22/h3-15,25,27-28H,16-20H2,1-2H3,(H,32,35)(H,33,34)/t27-,28-/m0/s1. The van der Waals surface area contributed by atoms with Gasteiger partial charge in [-0.2, -0.15) is 0 Å². The van der Waals surface area contributed by atoms with E-state index in [1.165, 1.54) is 7.11 Å². The van der Waals surface area contributed by atoms with E-state index in [0.29, 0.717) is 18.6 Å². The maximum absolute atomic E-state index is 13.3. The quantitative estimate of drug-likeness (QED) is 0.349. The molecule has 0 saturated carbocycles. The summed E-state index contributed by atoms with van der Waals surface area (Å²) in [6.07, 6.45) is 1.44. The average molecular weight is 531 g/mol. The van der Waals surface area contributed by atoms with E-state index in [2.05, 4.69) is 10.6 Å². The lowest BCUT2D eigenvalue weighted by atomic mass is 10.0. The van der Waals surface area contributed by atoms with Gasteiger partial charge in [-0.15, -0.1) is 0 Å². The number of fused-ring (bicyclic) bond motifs is 1. The molecule has 3 aromatic rings. The monoisotopic (exact) mass is 530 g/mol. The Bertz CT molecular complexity index is 1240. The highest BCUT2D eigenvalue weighted by Gasteiger charge is 2.32. The number of carbonyl (C=O) groups excluding carboxylic acids is 3. The topological polar surface area (TPSA) is 103 Å². The molecule has 2 N–H and O–H groups in total. The van der Waals surface area contributed by atoms with Crippen LogP contribution in [-0.2, 0) is 49.7 Å². The summed E-state index contributed by atoms with van der Waals surface area (Å²) in [5.74, 6) is -0.891. The summed E-state index contributed by atoms with van der Waals surface area (Å²) in [6.45, 7) is 0.0424. The van der Waals surface area contributed by atoms with Gasteiger partial charge >= 0.3 is 5.97 Å². The predicted octanol–water partition coefficient (Wildman–Crippen LogP) is 3.01. The van der Waals surface area contributed by atoms with Crippen LogP contribution in [-0.4, -0.2) is 50.7 Å². The van der Waals surface area contributed by atoms with E-state index >= 15 is 0 Å². The third kappa shape index (κ3) is 7.67. The minimum Gasteiger partial charge on any atom is -0.497 e. The summed E-state index contributed by atoms with van der Waals surface area (Å²) in [7, 11) is 3.04. The van der Waals surface area contributed by atoms with Crippen molar-refractivity contribution in [1.29, 1.82) is 0 Å². The Morgan fingerprint density at radius 2 is 1.44 bits per heavy atom. The maximum atomic E-state index is 13.3. The second-order valence-corrected chi connectivity index (χ2v) is 9.60. The Morgan fingerprint density at radius 3 is 2.05 bits per heavy atom. The van der Waals surface area contributed by atoms with Crippen molar-refractivity contribution in [1.82, 2.24) is 10.6 Å². The number of hydrogen-bond acceptors (Lipinski definition) is 6. The van der Waals surface area contributed by atoms with Gasteiger partial charge in [0.05, 0.1) is 13.7 Å². The number of rotatable bonds is 12. The van der Waals surface area contributed by atoms with E-state index in [9.17, 15) is 14.4 Å². The van der Waals surface area contributed by atoms with Crippen LogP contribution in [0.25, 0.3) is 0 Å². The van der Waals surface area contributed by atoms with Crippen LogP contribution in [0.15, 0.2) is 78.9 Å². The van der Waals surface area contributed by atoms with Crippen molar-refractivity contribution in [3.8, 4) is 5.75 Å². The highest BCUT2D eigenvalue weighted by molar-refractivity contribution is 5.91. The van der Waals surface area contributed by atoms with E-state index < -0.39 is 24.0 Å². The molecule has 1 aliphatic rings. The molecule has 8 heteroatoms. The number of nitrogens with one attached hydrogen (secondary N) is 2. The molecule has 0 unspecified atom stereocenters. The highest BCUT2D eigenvalue weighted by Crippen LogP contribution is 2.26. The van der Waals surface area contributed by atoms with Crippen LogP contribution in [0.4, 0.5) is 0 Å². The number of ether oxygens (including phenoxy) is 3. The van der Waals surface area contributed by atoms with E-state index in [4.69, 9.17) is 14.2 Å². The average Bonchev–Trinajstić information content (AvgIpc) is 3.41. The van der Waals surface area contributed by atoms with Gasteiger partial charge in [0.2, 0.25) is 11.8 Å². The second kappa shape index (κ2) is 13.6. The van der Waals surface area contributed by atoms with Crippen molar-refractivity contribution in [3.05, 3.63) is 101 Å². The molecule has 1 aliphatic carbocycles. The van der Waals surface area contributed by atoms with Gasteiger partial charge in [0, 0.05) is 19.4 Å². The highest BCUT2D eigenvalue weighted by atomic mass is 16.5. The zero-order valence-corrected chi connectivity index (χ0v) is 22.2. The molecule has 0 radical (unpaired) electrons. The Morgan fingerprint density at radius 1 is 0.795 bits per heavy atom. The fraction of sp³-hybridized carbons (Fsp3) is 0.323. The van der Waals surface area contributed by atoms with Crippen LogP contribution in [0.2, 0.25) is 0 Å². The van der Waals surface area contributed by atoms with Gasteiger partial charge in [0.1, 0.15) is 24.4 Å². The smallest absolute Gasteiger partial charge is 0.329 e. The van der Waals surface area contributed by atoms with Crippen LogP contribution >= 0.6 is 0 Å². The Balaban J connectivity index is 1.43. The van der Waals surface area contributed by atoms with Crippen LogP contribution in [0.1, 0.15) is 22.3 Å². The maximum Gasteiger partial charge on any atom is 0.329 e. The van der Waals surface area contributed by atoms with Gasteiger partial charge in [-0.1, -0.05) is 66.7 Å². The first-order chi connectivity index (χ1) is 19.0. The molecular weight excluding hydrogens is 496 g/mol. The lowest BCUT2D eigenvalue weighted by molar-refractivity contribution is -0.149. The van der Waals surface area contributed by atoms with E-state index in [1.807, 2.05) is 66.7 Å². The molecule has 4 rings (SSSR count). The SMILES string of the molecule is COC[C@H](NC(=O)C1Cc2ccccc2C1)C(=O)N[C@@H](Cc1ccc(OC)cc1)C(=O)OCc1ccccc1. The van der Waals surface area contributed by atoms with Crippen molar-refractivity contribution in [2.24, 2.45) is 5.92 Å². The molecule has 0 saturated heterocycles. The van der Waals surface area contributed by atoms with Gasteiger partial charge in [0.15, 0.2) is 0 Å². The fourth-order valence-corrected chi connectivity index (χ4v) is 4.68. The predicted molar refractivity (Wildman–Crippen MR) is 146 cm³/mol. The molecule has 39 heavy (non-hydrogen) atoms. The number of amides is 2. The molecule has 0 aliphatic heterocycles. The molecular formula is C31H34N2O6. The first-order valence-corrected chi connectivity index (χ1v) is 13.0. The molecule has 204 valence electrons. The first-order valence-electron chi connectivity index (χ1n) is 13.0. The van der Waals surface area contributed by atoms with Gasteiger partial charge in [-0.3, -0.25) is 9.59 Å². The summed E-state index contributed by atoms with van der Waals surface area (Å²) in [5, 5.41) is 5.62. The normalized spacial score (nSPS) is 14.1. The minimum absolute atomic E-state index is 0.0362. The Kier molecular flexibility index (Phi) is 9.69. The van der Waals surface area contributed by atoms with E-state index in [-0.39, 0.29) is 31.5 Å². The van der Waals surface area contributed by atoms with Crippen LogP contribution < -0.4 is 15.4 Å². The Hall–Kier alpha value is -4.17. The van der Waals surface area contributed by atoms with Crippen molar-refractivity contribution in [2.45, 2.75) is 38.0 Å². The van der Waals surface area contributed by atoms with Gasteiger partial charge < -0.3 is 24.8 Å². The summed E-state index contributed by atoms with van der Waals surface area (Å²) >= 11 is 0. The van der Waals surface area contributed by atoms with Gasteiger partial charge in [-0.25, -0.2) is 4.79 Å². The van der Waals surface area contributed by atoms with Crippen LogP contribution in [0.5, 0.6) is 5.75 Å². The molecule has 3 aromatic carbocycles. The summed E-state index contributed by atoms with van der Waals surface area (Å²) in [6, 6.07) is 22.6. The number of hydrogen-bond donors (Lipinski definition) is 2. The lowest BCUT2D eigenvalue weighted by Gasteiger charge is -2.23. The summed E-state index contributed by atoms with van der Waals surface area (Å²) in [4.78, 5) is 39.6. The largest absolute Gasteiger partial charge is 0.497 e. The molecule has 0 spiro atoms. The van der Waals surface area contributed by atoms with Gasteiger partial charge in [0.25, 0.3) is 0 Å². The molecule has 0 fully saturated rings. The molecule has 2 atom stereocenters. The van der Waals surface area contributed by atoms with Crippen LogP contribution in [0, 0.1) is 5.92 Å². The third-order valence-electron chi connectivity index (χ3n) is 6.81. The van der Waals surface area contributed by atoms with E-state index in [0.717, 1.165) is 22.3 Å². The number of esters is 1. The molecule has 0 aromatic heterocycles. The minimum atomic E-state index is -0.971. The third-order valence-corrected chi connectivity index (χ3v) is 6.81. The van der Waals surface area contributed by atoms with Crippen LogP contribution in [0.3, 0.4) is 0 Å². The number of carbonyl (C=O) groups is 3. The lowest BCUT2D eigenvalue weighted by Crippen LogP contribution is -2.55. The van der Waals surface area contributed by atoms with Crippen molar-refractivity contribution in [2.75, 3.05) is 20.8 Å². The number of benzene rings is 3. The van der Waals surface area contributed by atoms with Crippen molar-refractivity contribution in [3.63, 3.8) is 0 Å². The molecule has 0 bridgehead atoms. The van der Waals surface area contributed by atoms with Gasteiger partial charge in [-0.05, 0) is 47.2 Å². The summed E-state index contributed by atoms with van der Waals surface area (Å²) < 4.78 is 16.0. The molecule has 0 heterocycles. The van der Waals surface area contributed by atoms with Crippen molar-refractivity contribution >= 4 is 17.8 Å². The summed E-state index contributed by atoms with van der Waals surface area (Å²) in [5.41, 5.74) is 3.94. The Labute approximate surface area is 228 Å². The zero-order valence-electron chi connectivity index (χ0n) is 22.2. The fourth-order valence-electron chi connectivity index (χ4n) is 4.68. The second-order valence-electron chi connectivity index (χ2n) is 9.60. The van der Waals surface area contributed by atoms with E-state index in [1.54, 1.807) is 19.2 Å². The molecule has 2 amide bonds. The first kappa shape index (κ1) is 27.9.